The smallest absolute Gasteiger partial charge is 0.282 e. The highest BCUT2D eigenvalue weighted by atomic mass is 32.2. The lowest BCUT2D eigenvalue weighted by Crippen LogP contribution is -2.07. The highest BCUT2D eigenvalue weighted by Gasteiger charge is 2.19. The molecule has 1 aromatic carbocycles. The standard InChI is InChI=1S/C20H34O3S/c1-4-7-10-13-17(11-8-5-2)19-15-14-18(12-9-6-3)20(16-19)24(21,22)23/h14-17H,4-13H2,1-3H3,(H,21,22,23). The van der Waals surface area contributed by atoms with Crippen LogP contribution in [0.1, 0.15) is 95.6 Å². The number of unbranched alkanes of at least 4 members (excludes halogenated alkanes) is 4. The zero-order chi connectivity index (χ0) is 18.0. The SMILES string of the molecule is CCCCCC(CCCC)c1ccc(CCCC)c(S(=O)(=O)O)c1. The molecule has 0 heterocycles. The topological polar surface area (TPSA) is 54.4 Å². The normalized spacial score (nSPS) is 13.2. The molecule has 0 bridgehead atoms. The third kappa shape index (κ3) is 6.94. The van der Waals surface area contributed by atoms with Crippen LogP contribution < -0.4 is 0 Å². The van der Waals surface area contributed by atoms with E-state index in [1.165, 1.54) is 19.3 Å². The maximum absolute atomic E-state index is 11.8. The van der Waals surface area contributed by atoms with Crippen molar-refractivity contribution in [3.8, 4) is 0 Å². The minimum absolute atomic E-state index is 0.116. The Morgan fingerprint density at radius 2 is 1.54 bits per heavy atom. The molecule has 0 radical (unpaired) electrons. The third-order valence-corrected chi connectivity index (χ3v) is 5.64. The van der Waals surface area contributed by atoms with Gasteiger partial charge in [0.1, 0.15) is 0 Å². The summed E-state index contributed by atoms with van der Waals surface area (Å²) in [4.78, 5) is 0.116. The fourth-order valence-electron chi connectivity index (χ4n) is 3.21. The van der Waals surface area contributed by atoms with Crippen molar-refractivity contribution in [3.05, 3.63) is 29.3 Å². The summed E-state index contributed by atoms with van der Waals surface area (Å²) in [6.07, 6.45) is 10.7. The van der Waals surface area contributed by atoms with Crippen molar-refractivity contribution in [2.75, 3.05) is 0 Å². The van der Waals surface area contributed by atoms with E-state index in [0.29, 0.717) is 12.3 Å². The summed E-state index contributed by atoms with van der Waals surface area (Å²) < 4.78 is 33.3. The molecule has 0 spiro atoms. The van der Waals surface area contributed by atoms with Crippen molar-refractivity contribution in [2.24, 2.45) is 0 Å². The maximum atomic E-state index is 11.8. The molecule has 1 atom stereocenters. The molecule has 0 aromatic heterocycles. The highest BCUT2D eigenvalue weighted by Crippen LogP contribution is 2.31. The van der Waals surface area contributed by atoms with Crippen LogP contribution in [0.2, 0.25) is 0 Å². The van der Waals surface area contributed by atoms with Gasteiger partial charge in [-0.1, -0.05) is 71.4 Å². The second-order valence-corrected chi connectivity index (χ2v) is 8.17. The molecule has 1 rings (SSSR count). The predicted molar refractivity (Wildman–Crippen MR) is 101 cm³/mol. The zero-order valence-corrected chi connectivity index (χ0v) is 16.4. The van der Waals surface area contributed by atoms with Crippen molar-refractivity contribution >= 4 is 10.1 Å². The van der Waals surface area contributed by atoms with Gasteiger partial charge in [0.2, 0.25) is 0 Å². The molecule has 3 nitrogen and oxygen atoms in total. The van der Waals surface area contributed by atoms with Gasteiger partial charge in [-0.05, 0) is 48.8 Å². The molecule has 1 N–H and O–H groups in total. The summed E-state index contributed by atoms with van der Waals surface area (Å²) in [5, 5.41) is 0. The minimum Gasteiger partial charge on any atom is -0.282 e. The lowest BCUT2D eigenvalue weighted by atomic mass is 9.88. The van der Waals surface area contributed by atoms with Crippen molar-refractivity contribution in [1.29, 1.82) is 0 Å². The molecule has 1 unspecified atom stereocenters. The van der Waals surface area contributed by atoms with Crippen LogP contribution in [0, 0.1) is 0 Å². The van der Waals surface area contributed by atoms with Crippen LogP contribution in [-0.4, -0.2) is 13.0 Å². The van der Waals surface area contributed by atoms with Gasteiger partial charge in [0.25, 0.3) is 10.1 Å². The Bertz CT molecular complexity index is 579. The first-order valence-electron chi connectivity index (χ1n) is 9.54. The molecular formula is C20H34O3S. The van der Waals surface area contributed by atoms with Gasteiger partial charge in [0.05, 0.1) is 4.90 Å². The first kappa shape index (κ1) is 21.2. The van der Waals surface area contributed by atoms with Crippen molar-refractivity contribution in [3.63, 3.8) is 0 Å². The first-order chi connectivity index (χ1) is 11.4. The number of rotatable bonds is 12. The van der Waals surface area contributed by atoms with Crippen molar-refractivity contribution < 1.29 is 13.0 Å². The minimum atomic E-state index is -4.17. The monoisotopic (exact) mass is 354 g/mol. The Balaban J connectivity index is 3.09. The van der Waals surface area contributed by atoms with Gasteiger partial charge < -0.3 is 0 Å². The molecule has 0 saturated carbocycles. The second-order valence-electron chi connectivity index (χ2n) is 6.78. The van der Waals surface area contributed by atoms with Gasteiger partial charge in [-0.25, -0.2) is 0 Å². The summed E-state index contributed by atoms with van der Waals surface area (Å²) in [6, 6.07) is 5.71. The van der Waals surface area contributed by atoms with Crippen LogP contribution in [0.5, 0.6) is 0 Å². The molecule has 0 aliphatic rings. The van der Waals surface area contributed by atoms with Crippen molar-refractivity contribution in [1.82, 2.24) is 0 Å². The fraction of sp³-hybridized carbons (Fsp3) is 0.700. The van der Waals surface area contributed by atoms with Gasteiger partial charge in [-0.2, -0.15) is 8.42 Å². The van der Waals surface area contributed by atoms with Gasteiger partial charge >= 0.3 is 0 Å². The Hall–Kier alpha value is -0.870. The zero-order valence-electron chi connectivity index (χ0n) is 15.6. The molecular weight excluding hydrogens is 320 g/mol. The Morgan fingerprint density at radius 1 is 0.917 bits per heavy atom. The number of hydrogen-bond donors (Lipinski definition) is 1. The summed E-state index contributed by atoms with van der Waals surface area (Å²) in [5.41, 5.74) is 1.80. The molecule has 0 aliphatic carbocycles. The second kappa shape index (κ2) is 10.9. The van der Waals surface area contributed by atoms with Crippen LogP contribution in [0.4, 0.5) is 0 Å². The molecule has 0 aliphatic heterocycles. The van der Waals surface area contributed by atoms with Crippen LogP contribution in [0.15, 0.2) is 23.1 Å². The van der Waals surface area contributed by atoms with E-state index in [1.54, 1.807) is 6.07 Å². The molecule has 0 saturated heterocycles. The summed E-state index contributed by atoms with van der Waals surface area (Å²) >= 11 is 0. The molecule has 0 amide bonds. The van der Waals surface area contributed by atoms with Crippen molar-refractivity contribution in [2.45, 2.75) is 95.8 Å². The van der Waals surface area contributed by atoms with Crippen LogP contribution in [0.3, 0.4) is 0 Å². The first-order valence-corrected chi connectivity index (χ1v) is 11.0. The lowest BCUT2D eigenvalue weighted by molar-refractivity contribution is 0.480. The van der Waals surface area contributed by atoms with E-state index in [4.69, 9.17) is 0 Å². The maximum Gasteiger partial charge on any atom is 0.294 e. The van der Waals surface area contributed by atoms with Gasteiger partial charge in [0, 0.05) is 0 Å². The van der Waals surface area contributed by atoms with E-state index >= 15 is 0 Å². The summed E-state index contributed by atoms with van der Waals surface area (Å²) in [5.74, 6) is 0.386. The Kier molecular flexibility index (Phi) is 9.60. The van der Waals surface area contributed by atoms with E-state index in [2.05, 4.69) is 26.8 Å². The molecule has 1 aromatic rings. The fourth-order valence-corrected chi connectivity index (χ4v) is 3.99. The number of benzene rings is 1. The lowest BCUT2D eigenvalue weighted by Gasteiger charge is -2.19. The Morgan fingerprint density at radius 3 is 2.12 bits per heavy atom. The van der Waals surface area contributed by atoms with Crippen LogP contribution in [-0.2, 0) is 16.5 Å². The average molecular weight is 355 g/mol. The average Bonchev–Trinajstić information content (AvgIpc) is 2.55. The molecule has 0 fully saturated rings. The quantitative estimate of drug-likeness (QED) is 0.363. The van der Waals surface area contributed by atoms with Crippen LogP contribution >= 0.6 is 0 Å². The van der Waals surface area contributed by atoms with Crippen LogP contribution in [0.25, 0.3) is 0 Å². The molecule has 4 heteroatoms. The van der Waals surface area contributed by atoms with Gasteiger partial charge in [0.15, 0.2) is 0 Å². The largest absolute Gasteiger partial charge is 0.294 e. The molecule has 24 heavy (non-hydrogen) atoms. The third-order valence-electron chi connectivity index (χ3n) is 4.70. The summed E-state index contributed by atoms with van der Waals surface area (Å²) in [7, 11) is -4.17. The van der Waals surface area contributed by atoms with E-state index in [0.717, 1.165) is 49.7 Å². The van der Waals surface area contributed by atoms with Gasteiger partial charge in [-0.3, -0.25) is 4.55 Å². The number of aryl methyl sites for hydroxylation is 1. The molecule has 138 valence electrons. The van der Waals surface area contributed by atoms with Gasteiger partial charge in [-0.15, -0.1) is 0 Å². The number of hydrogen-bond acceptors (Lipinski definition) is 2. The highest BCUT2D eigenvalue weighted by molar-refractivity contribution is 7.85. The van der Waals surface area contributed by atoms with E-state index < -0.39 is 10.1 Å². The van der Waals surface area contributed by atoms with E-state index in [1.807, 2.05) is 6.07 Å². The van der Waals surface area contributed by atoms with E-state index in [-0.39, 0.29) is 4.90 Å². The van der Waals surface area contributed by atoms with E-state index in [9.17, 15) is 13.0 Å². The Labute approximate surface area is 148 Å². The summed E-state index contributed by atoms with van der Waals surface area (Å²) in [6.45, 7) is 6.45. The predicted octanol–water partition coefficient (Wildman–Crippen LogP) is 6.13.